The normalized spacial score (nSPS) is 13.9. The smallest absolute Gasteiger partial charge is 0.337 e. The highest BCUT2D eigenvalue weighted by Crippen LogP contribution is 2.24. The van der Waals surface area contributed by atoms with E-state index in [0.717, 1.165) is 87.0 Å². The number of para-hydroxylation sites is 1. The monoisotopic (exact) mass is 626 g/mol. The molecule has 1 aliphatic rings. The zero-order chi connectivity index (χ0) is 32.7. The van der Waals surface area contributed by atoms with E-state index in [2.05, 4.69) is 18.2 Å². The van der Waals surface area contributed by atoms with Gasteiger partial charge in [0.25, 0.3) is 0 Å². The number of urea groups is 1. The molecule has 0 N–H and O–H groups in total. The maximum absolute atomic E-state index is 12.3. The second kappa shape index (κ2) is 17.8. The van der Waals surface area contributed by atoms with Crippen LogP contribution in [-0.4, -0.2) is 75.3 Å². The van der Waals surface area contributed by atoms with Crippen molar-refractivity contribution in [3.8, 4) is 5.75 Å². The third kappa shape index (κ3) is 10.2. The van der Waals surface area contributed by atoms with Crippen LogP contribution in [0.1, 0.15) is 69.5 Å². The zero-order valence-electron chi connectivity index (χ0n) is 27.3. The molecular weight excluding hydrogens is 580 g/mol. The average molecular weight is 627 g/mol. The Bertz CT molecular complexity index is 1450. The highest BCUT2D eigenvalue weighted by atomic mass is 16.5. The molecule has 8 heteroatoms. The van der Waals surface area contributed by atoms with Crippen molar-refractivity contribution in [3.05, 3.63) is 107 Å². The van der Waals surface area contributed by atoms with E-state index in [9.17, 15) is 14.4 Å². The second-order valence-electron chi connectivity index (χ2n) is 11.7. The first-order chi connectivity index (χ1) is 22.4. The highest BCUT2D eigenvalue weighted by molar-refractivity contribution is 5.89. The van der Waals surface area contributed by atoms with Crippen molar-refractivity contribution < 1.29 is 28.6 Å². The molecule has 2 amide bonds. The molecule has 0 radical (unpaired) electrons. The Morgan fingerprint density at radius 1 is 0.826 bits per heavy atom. The molecular formula is C38H46N2O6. The van der Waals surface area contributed by atoms with Crippen molar-refractivity contribution in [1.82, 2.24) is 9.80 Å². The Morgan fingerprint density at radius 3 is 2.15 bits per heavy atom. The van der Waals surface area contributed by atoms with Crippen LogP contribution in [-0.2, 0) is 22.3 Å². The second-order valence-corrected chi connectivity index (χ2v) is 11.7. The summed E-state index contributed by atoms with van der Waals surface area (Å²) in [6, 6.07) is 23.3. The number of benzene rings is 3. The number of carbonyl (C=O) groups is 3. The molecule has 1 saturated heterocycles. The Labute approximate surface area is 272 Å². The first-order valence-electron chi connectivity index (χ1n) is 16.1. The third-order valence-corrected chi connectivity index (χ3v) is 8.37. The molecule has 3 aromatic carbocycles. The molecule has 1 aliphatic heterocycles. The molecule has 0 saturated carbocycles. The SMILES string of the molecule is COC(=O)c1ccc(CCC(/C=C/c2ccccc2OCCCCCN2CCCN(C)C2=O)Cc2ccc(C(=O)OC)cc2)cc1. The van der Waals surface area contributed by atoms with E-state index in [1.807, 2.05) is 54.4 Å². The fourth-order valence-electron chi connectivity index (χ4n) is 5.63. The fraction of sp³-hybridized carbons (Fsp3) is 0.395. The number of nitrogens with zero attached hydrogens (tertiary/aromatic N) is 2. The van der Waals surface area contributed by atoms with Crippen LogP contribution < -0.4 is 4.74 Å². The van der Waals surface area contributed by atoms with Crippen LogP contribution in [0.2, 0.25) is 0 Å². The van der Waals surface area contributed by atoms with Crippen molar-refractivity contribution >= 4 is 24.0 Å². The van der Waals surface area contributed by atoms with Gasteiger partial charge in [-0.2, -0.15) is 0 Å². The Hall–Kier alpha value is -4.59. The zero-order valence-corrected chi connectivity index (χ0v) is 27.3. The van der Waals surface area contributed by atoms with Gasteiger partial charge in [-0.25, -0.2) is 14.4 Å². The number of amides is 2. The molecule has 244 valence electrons. The van der Waals surface area contributed by atoms with Gasteiger partial charge in [0.2, 0.25) is 0 Å². The van der Waals surface area contributed by atoms with E-state index in [0.29, 0.717) is 17.7 Å². The molecule has 1 fully saturated rings. The lowest BCUT2D eigenvalue weighted by Crippen LogP contribution is -2.47. The van der Waals surface area contributed by atoms with Gasteiger partial charge in [0.15, 0.2) is 0 Å². The number of aryl methyl sites for hydroxylation is 1. The van der Waals surface area contributed by atoms with Crippen LogP contribution in [0.5, 0.6) is 5.75 Å². The van der Waals surface area contributed by atoms with Crippen LogP contribution >= 0.6 is 0 Å². The molecule has 8 nitrogen and oxygen atoms in total. The fourth-order valence-corrected chi connectivity index (χ4v) is 5.63. The van der Waals surface area contributed by atoms with E-state index in [-0.39, 0.29) is 23.9 Å². The first kappa shape index (κ1) is 34.3. The lowest BCUT2D eigenvalue weighted by molar-refractivity contribution is 0.0592. The Balaban J connectivity index is 1.36. The molecule has 46 heavy (non-hydrogen) atoms. The summed E-state index contributed by atoms with van der Waals surface area (Å²) < 4.78 is 15.9. The van der Waals surface area contributed by atoms with Crippen molar-refractivity contribution in [1.29, 1.82) is 0 Å². The van der Waals surface area contributed by atoms with Crippen LogP contribution in [0.25, 0.3) is 6.08 Å². The summed E-state index contributed by atoms with van der Waals surface area (Å²) in [6.45, 7) is 3.11. The summed E-state index contributed by atoms with van der Waals surface area (Å²) >= 11 is 0. The van der Waals surface area contributed by atoms with Crippen LogP contribution in [0.4, 0.5) is 4.79 Å². The molecule has 0 bridgehead atoms. The van der Waals surface area contributed by atoms with E-state index in [1.165, 1.54) is 14.2 Å². The predicted molar refractivity (Wildman–Crippen MR) is 180 cm³/mol. The molecule has 0 aromatic heterocycles. The molecule has 1 unspecified atom stereocenters. The van der Waals surface area contributed by atoms with Gasteiger partial charge in [-0.15, -0.1) is 0 Å². The van der Waals surface area contributed by atoms with Gasteiger partial charge >= 0.3 is 18.0 Å². The van der Waals surface area contributed by atoms with Gasteiger partial charge in [-0.05, 0) is 92.3 Å². The van der Waals surface area contributed by atoms with Crippen LogP contribution in [0.3, 0.4) is 0 Å². The minimum Gasteiger partial charge on any atom is -0.493 e. The van der Waals surface area contributed by atoms with Gasteiger partial charge in [0.05, 0.1) is 32.0 Å². The maximum Gasteiger partial charge on any atom is 0.337 e. The van der Waals surface area contributed by atoms with Gasteiger partial charge in [-0.3, -0.25) is 0 Å². The van der Waals surface area contributed by atoms with Crippen molar-refractivity contribution in [2.45, 2.75) is 44.9 Å². The van der Waals surface area contributed by atoms with Gasteiger partial charge in [0, 0.05) is 32.2 Å². The summed E-state index contributed by atoms with van der Waals surface area (Å²) in [5, 5.41) is 0. The number of hydrogen-bond acceptors (Lipinski definition) is 6. The topological polar surface area (TPSA) is 85.4 Å². The predicted octanol–water partition coefficient (Wildman–Crippen LogP) is 7.07. The largest absolute Gasteiger partial charge is 0.493 e. The van der Waals surface area contributed by atoms with Gasteiger partial charge in [-0.1, -0.05) is 54.6 Å². The minimum atomic E-state index is -0.347. The Morgan fingerprint density at radius 2 is 1.48 bits per heavy atom. The first-order valence-corrected chi connectivity index (χ1v) is 16.1. The van der Waals surface area contributed by atoms with Crippen molar-refractivity contribution in [2.24, 2.45) is 5.92 Å². The number of allylic oxidation sites excluding steroid dienone is 1. The third-order valence-electron chi connectivity index (χ3n) is 8.37. The number of esters is 2. The number of unbranched alkanes of at least 4 members (excludes halogenated alkanes) is 2. The standard InChI is InChI=1S/C38H46N2O6/c1-39-24-9-26-40(38(39)43)25-7-4-8-27-46-35-11-6-5-10-32(35)19-16-30(28-31-17-22-34(23-18-31)37(42)45-3)13-12-29-14-20-33(21-15-29)36(41)44-2/h5-6,10-11,14-23,30H,4,7-9,12-13,24-28H2,1-3H3/b19-16+. The summed E-state index contributed by atoms with van der Waals surface area (Å²) in [7, 11) is 4.64. The number of carbonyl (C=O) groups excluding carboxylic acids is 3. The number of ether oxygens (including phenoxy) is 3. The van der Waals surface area contributed by atoms with Crippen LogP contribution in [0.15, 0.2) is 78.9 Å². The van der Waals surface area contributed by atoms with E-state index < -0.39 is 0 Å². The van der Waals surface area contributed by atoms with E-state index >= 15 is 0 Å². The lowest BCUT2D eigenvalue weighted by Gasteiger charge is -2.33. The minimum absolute atomic E-state index is 0.135. The van der Waals surface area contributed by atoms with Gasteiger partial charge in [0.1, 0.15) is 5.75 Å². The molecule has 4 rings (SSSR count). The highest BCUT2D eigenvalue weighted by Gasteiger charge is 2.21. The van der Waals surface area contributed by atoms with Crippen LogP contribution in [0, 0.1) is 5.92 Å². The summed E-state index contributed by atoms with van der Waals surface area (Å²) in [4.78, 5) is 39.8. The average Bonchev–Trinajstić information content (AvgIpc) is 3.09. The quantitative estimate of drug-likeness (QED) is 0.125. The molecule has 1 heterocycles. The van der Waals surface area contributed by atoms with E-state index in [4.69, 9.17) is 14.2 Å². The molecule has 1 atom stereocenters. The molecule has 0 aliphatic carbocycles. The molecule has 3 aromatic rings. The van der Waals surface area contributed by atoms with E-state index in [1.54, 1.807) is 29.2 Å². The number of hydrogen-bond donors (Lipinski definition) is 0. The Kier molecular flexibility index (Phi) is 13.3. The maximum atomic E-state index is 12.3. The lowest BCUT2D eigenvalue weighted by atomic mass is 9.91. The number of methoxy groups -OCH3 is 2. The van der Waals surface area contributed by atoms with Crippen molar-refractivity contribution in [2.75, 3.05) is 47.5 Å². The number of rotatable bonds is 16. The summed E-state index contributed by atoms with van der Waals surface area (Å²) in [5.74, 6) is 0.380. The summed E-state index contributed by atoms with van der Waals surface area (Å²) in [5.41, 5.74) is 4.37. The van der Waals surface area contributed by atoms with Crippen molar-refractivity contribution in [3.63, 3.8) is 0 Å². The summed E-state index contributed by atoms with van der Waals surface area (Å²) in [6.07, 6.45) is 10.8. The molecule has 0 spiro atoms. The van der Waals surface area contributed by atoms with Gasteiger partial charge < -0.3 is 24.0 Å².